The molecule has 0 aromatic heterocycles. The molecule has 0 radical (unpaired) electrons. The Morgan fingerprint density at radius 3 is 1.64 bits per heavy atom. The number of alkyl halides is 3. The molecule has 11 heavy (non-hydrogen) atoms. The topological polar surface area (TPSA) is 30.5 Å². The van der Waals surface area contributed by atoms with E-state index in [9.17, 15) is 13.2 Å². The fraction of sp³-hybridized carbons (Fsp3) is 1.00. The van der Waals surface area contributed by atoms with Crippen molar-refractivity contribution in [1.82, 2.24) is 21.1 Å². The molecule has 1 saturated heterocycles. The van der Waals surface area contributed by atoms with Gasteiger partial charge in [0.2, 0.25) is 0 Å². The highest BCUT2D eigenvalue weighted by Gasteiger charge is 2.44. The SMILES string of the molecule is CN1NC(C(F)(F)F)NN1C. The van der Waals surface area contributed by atoms with Crippen molar-refractivity contribution in [3.8, 4) is 0 Å². The molecular weight excluding hydrogens is 161 g/mol. The van der Waals surface area contributed by atoms with E-state index in [0.29, 0.717) is 0 Å². The van der Waals surface area contributed by atoms with Crippen LogP contribution in [0.1, 0.15) is 0 Å². The van der Waals surface area contributed by atoms with E-state index in [0.717, 1.165) is 0 Å². The smallest absolute Gasteiger partial charge is 0.214 e. The van der Waals surface area contributed by atoms with E-state index in [1.807, 2.05) is 0 Å². The van der Waals surface area contributed by atoms with Gasteiger partial charge in [0, 0.05) is 14.1 Å². The highest BCUT2D eigenvalue weighted by Crippen LogP contribution is 2.20. The second kappa shape index (κ2) is 2.59. The van der Waals surface area contributed by atoms with Gasteiger partial charge < -0.3 is 0 Å². The minimum Gasteiger partial charge on any atom is -0.214 e. The van der Waals surface area contributed by atoms with Crippen molar-refractivity contribution in [2.45, 2.75) is 12.3 Å². The lowest BCUT2D eigenvalue weighted by molar-refractivity contribution is -0.161. The largest absolute Gasteiger partial charge is 0.419 e. The van der Waals surface area contributed by atoms with Crippen LogP contribution in [0, 0.1) is 0 Å². The van der Waals surface area contributed by atoms with Gasteiger partial charge in [-0.2, -0.15) is 23.4 Å². The van der Waals surface area contributed by atoms with Crippen LogP contribution in [0.25, 0.3) is 0 Å². The highest BCUT2D eigenvalue weighted by molar-refractivity contribution is 4.72. The van der Waals surface area contributed by atoms with Crippen LogP contribution in [-0.4, -0.2) is 36.7 Å². The summed E-state index contributed by atoms with van der Waals surface area (Å²) in [7, 11) is 2.97. The summed E-state index contributed by atoms with van der Waals surface area (Å²) in [6.45, 7) is 0. The molecule has 4 nitrogen and oxygen atoms in total. The van der Waals surface area contributed by atoms with E-state index in [4.69, 9.17) is 0 Å². The number of hydrogen-bond acceptors (Lipinski definition) is 4. The quantitative estimate of drug-likeness (QED) is 0.521. The van der Waals surface area contributed by atoms with Crippen molar-refractivity contribution in [2.75, 3.05) is 14.1 Å². The monoisotopic (exact) mass is 170 g/mol. The zero-order chi connectivity index (χ0) is 8.65. The molecule has 0 amide bonds. The summed E-state index contributed by atoms with van der Waals surface area (Å²) in [6.07, 6.45) is -5.95. The molecule has 0 aromatic carbocycles. The van der Waals surface area contributed by atoms with Crippen molar-refractivity contribution < 1.29 is 13.2 Å². The fourth-order valence-electron chi connectivity index (χ4n) is 0.722. The lowest BCUT2D eigenvalue weighted by Crippen LogP contribution is -2.46. The average molecular weight is 170 g/mol. The molecule has 1 aliphatic rings. The van der Waals surface area contributed by atoms with Crippen molar-refractivity contribution >= 4 is 0 Å². The molecule has 2 N–H and O–H groups in total. The van der Waals surface area contributed by atoms with Crippen LogP contribution in [0.2, 0.25) is 0 Å². The minimum absolute atomic E-state index is 1.22. The van der Waals surface area contributed by atoms with Crippen LogP contribution in [0.4, 0.5) is 13.2 Å². The van der Waals surface area contributed by atoms with E-state index in [2.05, 4.69) is 10.9 Å². The Morgan fingerprint density at radius 2 is 1.45 bits per heavy atom. The summed E-state index contributed by atoms with van der Waals surface area (Å²) in [5.74, 6) is 0. The lowest BCUT2D eigenvalue weighted by Gasteiger charge is -2.14. The van der Waals surface area contributed by atoms with Gasteiger partial charge in [0.05, 0.1) is 0 Å². The number of rotatable bonds is 0. The summed E-state index contributed by atoms with van der Waals surface area (Å²) in [5, 5.41) is 2.44. The summed E-state index contributed by atoms with van der Waals surface area (Å²) in [6, 6.07) is 0. The standard InChI is InChI=1S/C4H9F3N4/c1-10-8-3(4(5,6)7)9-11(10)2/h3,8-9H,1-2H3. The van der Waals surface area contributed by atoms with Crippen LogP contribution < -0.4 is 10.9 Å². The van der Waals surface area contributed by atoms with Gasteiger partial charge in [-0.15, -0.1) is 0 Å². The first-order valence-corrected chi connectivity index (χ1v) is 2.97. The van der Waals surface area contributed by atoms with Crippen molar-refractivity contribution in [3.05, 3.63) is 0 Å². The van der Waals surface area contributed by atoms with Crippen molar-refractivity contribution in [1.29, 1.82) is 0 Å². The van der Waals surface area contributed by atoms with Gasteiger partial charge in [0.1, 0.15) is 0 Å². The summed E-state index contributed by atoms with van der Waals surface area (Å²) in [4.78, 5) is 0. The Morgan fingerprint density at radius 1 is 1.09 bits per heavy atom. The van der Waals surface area contributed by atoms with Crippen LogP contribution in [0.15, 0.2) is 0 Å². The number of hydrazine groups is 3. The molecule has 1 fully saturated rings. The summed E-state index contributed by atoms with van der Waals surface area (Å²) in [5.41, 5.74) is 4.33. The van der Waals surface area contributed by atoms with Crippen molar-refractivity contribution in [2.24, 2.45) is 0 Å². The maximum Gasteiger partial charge on any atom is 0.419 e. The minimum atomic E-state index is -4.26. The Balaban J connectivity index is 2.54. The van der Waals surface area contributed by atoms with Gasteiger partial charge in [-0.1, -0.05) is 0 Å². The zero-order valence-corrected chi connectivity index (χ0v) is 6.11. The van der Waals surface area contributed by atoms with Crippen LogP contribution in [-0.2, 0) is 0 Å². The van der Waals surface area contributed by atoms with Crippen LogP contribution in [0.3, 0.4) is 0 Å². The number of nitrogens with zero attached hydrogens (tertiary/aromatic N) is 2. The lowest BCUT2D eigenvalue weighted by atomic mass is 10.5. The molecule has 1 rings (SSSR count). The fourth-order valence-corrected chi connectivity index (χ4v) is 0.722. The van der Waals surface area contributed by atoms with E-state index in [1.165, 1.54) is 24.3 Å². The molecule has 0 bridgehead atoms. The van der Waals surface area contributed by atoms with Crippen LogP contribution >= 0.6 is 0 Å². The maximum atomic E-state index is 11.9. The molecule has 0 unspecified atom stereocenters. The van der Waals surface area contributed by atoms with Gasteiger partial charge in [0.15, 0.2) is 6.17 Å². The summed E-state index contributed by atoms with van der Waals surface area (Å²) < 4.78 is 35.8. The summed E-state index contributed by atoms with van der Waals surface area (Å²) >= 11 is 0. The maximum absolute atomic E-state index is 11.9. The van der Waals surface area contributed by atoms with E-state index < -0.39 is 12.3 Å². The first kappa shape index (κ1) is 8.72. The Bertz CT molecular complexity index is 137. The molecule has 0 aromatic rings. The number of hydrogen-bond donors (Lipinski definition) is 2. The zero-order valence-electron chi connectivity index (χ0n) is 6.11. The molecule has 66 valence electrons. The molecule has 1 aliphatic heterocycles. The first-order valence-electron chi connectivity index (χ1n) is 2.97. The second-order valence-corrected chi connectivity index (χ2v) is 2.28. The third-order valence-corrected chi connectivity index (χ3v) is 1.41. The molecule has 7 heteroatoms. The van der Waals surface area contributed by atoms with Gasteiger partial charge >= 0.3 is 6.18 Å². The molecule has 0 atom stereocenters. The second-order valence-electron chi connectivity index (χ2n) is 2.28. The predicted molar refractivity (Wildman–Crippen MR) is 31.6 cm³/mol. The number of halogens is 3. The first-order chi connectivity index (χ1) is 4.91. The molecule has 0 aliphatic carbocycles. The molecule has 1 heterocycles. The average Bonchev–Trinajstić information content (AvgIpc) is 2.11. The highest BCUT2D eigenvalue weighted by atomic mass is 19.4. The van der Waals surface area contributed by atoms with Crippen LogP contribution in [0.5, 0.6) is 0 Å². The third-order valence-electron chi connectivity index (χ3n) is 1.41. The van der Waals surface area contributed by atoms with E-state index >= 15 is 0 Å². The van der Waals surface area contributed by atoms with E-state index in [-0.39, 0.29) is 0 Å². The normalized spacial score (nSPS) is 24.8. The third kappa shape index (κ3) is 1.80. The molecular formula is C4H9F3N4. The van der Waals surface area contributed by atoms with Gasteiger partial charge in [-0.05, 0) is 0 Å². The number of nitrogens with one attached hydrogen (secondary N) is 2. The predicted octanol–water partition coefficient (Wildman–Crippen LogP) is -0.324. The Hall–Kier alpha value is -0.370. The van der Waals surface area contributed by atoms with Gasteiger partial charge in [-0.3, -0.25) is 0 Å². The Kier molecular flexibility index (Phi) is 2.06. The van der Waals surface area contributed by atoms with Crippen molar-refractivity contribution in [3.63, 3.8) is 0 Å². The van der Waals surface area contributed by atoms with E-state index in [1.54, 1.807) is 0 Å². The molecule has 0 spiro atoms. The van der Waals surface area contributed by atoms with Gasteiger partial charge in [-0.25, -0.2) is 10.9 Å². The van der Waals surface area contributed by atoms with Gasteiger partial charge in [0.25, 0.3) is 0 Å². The molecule has 0 saturated carbocycles. The Labute approximate surface area is 61.9 Å².